The molecule has 2 aromatic carbocycles. The van der Waals surface area contributed by atoms with Crippen molar-refractivity contribution >= 4 is 11.6 Å². The highest BCUT2D eigenvalue weighted by molar-refractivity contribution is 6.04. The van der Waals surface area contributed by atoms with Crippen molar-refractivity contribution in [2.45, 2.75) is 19.5 Å². The van der Waals surface area contributed by atoms with Crippen LogP contribution < -0.4 is 10.6 Å². The summed E-state index contributed by atoms with van der Waals surface area (Å²) in [5.74, 6) is -0.497. The van der Waals surface area contributed by atoms with Crippen LogP contribution in [0.5, 0.6) is 0 Å². The van der Waals surface area contributed by atoms with Crippen molar-refractivity contribution in [2.75, 3.05) is 4.90 Å². The molecular weight excluding hydrogens is 255 g/mol. The minimum atomic E-state index is -0.656. The van der Waals surface area contributed by atoms with Gasteiger partial charge in [0.15, 0.2) is 0 Å². The Kier molecular flexibility index (Phi) is 3.03. The normalized spacial score (nSPS) is 17.4. The fraction of sp³-hybridized carbons (Fsp3) is 0.188. The van der Waals surface area contributed by atoms with Gasteiger partial charge in [-0.15, -0.1) is 0 Å². The second-order valence-corrected chi connectivity index (χ2v) is 5.06. The topological polar surface area (TPSA) is 46.3 Å². The zero-order valence-corrected chi connectivity index (χ0v) is 11.1. The average Bonchev–Trinajstić information content (AvgIpc) is 2.66. The van der Waals surface area contributed by atoms with Gasteiger partial charge in [-0.25, -0.2) is 4.39 Å². The van der Waals surface area contributed by atoms with E-state index < -0.39 is 6.04 Å². The molecule has 0 saturated heterocycles. The highest BCUT2D eigenvalue weighted by Crippen LogP contribution is 2.36. The van der Waals surface area contributed by atoms with Gasteiger partial charge in [-0.1, -0.05) is 35.9 Å². The number of halogens is 1. The van der Waals surface area contributed by atoms with Gasteiger partial charge in [0.2, 0.25) is 5.91 Å². The first-order valence-corrected chi connectivity index (χ1v) is 6.49. The van der Waals surface area contributed by atoms with Crippen molar-refractivity contribution in [3.05, 3.63) is 65.0 Å². The quantitative estimate of drug-likeness (QED) is 0.912. The Morgan fingerprint density at radius 2 is 2.00 bits per heavy atom. The van der Waals surface area contributed by atoms with Crippen LogP contribution in [0.2, 0.25) is 0 Å². The highest BCUT2D eigenvalue weighted by atomic mass is 19.1. The summed E-state index contributed by atoms with van der Waals surface area (Å²) in [4.78, 5) is 13.8. The lowest BCUT2D eigenvalue weighted by atomic mass is 10.1. The molecule has 1 heterocycles. The second-order valence-electron chi connectivity index (χ2n) is 5.06. The molecule has 20 heavy (non-hydrogen) atoms. The summed E-state index contributed by atoms with van der Waals surface area (Å²) in [6, 6.07) is 11.5. The third-order valence-electron chi connectivity index (χ3n) is 3.63. The molecule has 102 valence electrons. The summed E-state index contributed by atoms with van der Waals surface area (Å²) in [6.45, 7) is 2.16. The van der Waals surface area contributed by atoms with Crippen molar-refractivity contribution in [3.8, 4) is 0 Å². The maximum atomic E-state index is 13.7. The third kappa shape index (κ3) is 1.98. The van der Waals surface area contributed by atoms with Crippen LogP contribution >= 0.6 is 0 Å². The number of nitrogens with two attached hydrogens (primary N) is 1. The van der Waals surface area contributed by atoms with Crippen molar-refractivity contribution in [2.24, 2.45) is 5.73 Å². The third-order valence-corrected chi connectivity index (χ3v) is 3.63. The number of nitrogens with zero attached hydrogens (tertiary/aromatic N) is 1. The molecule has 3 nitrogen and oxygen atoms in total. The van der Waals surface area contributed by atoms with Crippen LogP contribution in [0, 0.1) is 12.7 Å². The fourth-order valence-electron chi connectivity index (χ4n) is 2.55. The predicted molar refractivity (Wildman–Crippen MR) is 75.7 cm³/mol. The molecule has 0 aromatic heterocycles. The molecule has 1 aliphatic rings. The van der Waals surface area contributed by atoms with Crippen LogP contribution in [-0.2, 0) is 11.3 Å². The van der Waals surface area contributed by atoms with E-state index in [9.17, 15) is 9.18 Å². The van der Waals surface area contributed by atoms with Gasteiger partial charge >= 0.3 is 0 Å². The van der Waals surface area contributed by atoms with Gasteiger partial charge in [-0.2, -0.15) is 0 Å². The summed E-state index contributed by atoms with van der Waals surface area (Å²) in [6.07, 6.45) is 0. The van der Waals surface area contributed by atoms with E-state index in [0.717, 1.165) is 16.8 Å². The van der Waals surface area contributed by atoms with Gasteiger partial charge in [-0.05, 0) is 19.1 Å². The fourth-order valence-corrected chi connectivity index (χ4v) is 2.55. The summed E-state index contributed by atoms with van der Waals surface area (Å²) in [7, 11) is 0. The molecule has 1 atom stereocenters. The molecule has 3 rings (SSSR count). The van der Waals surface area contributed by atoms with Gasteiger partial charge in [0.05, 0.1) is 6.54 Å². The molecule has 1 unspecified atom stereocenters. The smallest absolute Gasteiger partial charge is 0.248 e. The molecule has 2 N–H and O–H groups in total. The Labute approximate surface area is 116 Å². The van der Waals surface area contributed by atoms with E-state index in [1.54, 1.807) is 23.1 Å². The van der Waals surface area contributed by atoms with Crippen LogP contribution in [0.15, 0.2) is 42.5 Å². The summed E-state index contributed by atoms with van der Waals surface area (Å²) in [5.41, 5.74) is 9.08. The van der Waals surface area contributed by atoms with E-state index >= 15 is 0 Å². The largest absolute Gasteiger partial charge is 0.316 e. The molecule has 0 aliphatic carbocycles. The standard InChI is InChI=1S/C16H15FN2O/c1-10-6-7-14-12(8-10)15(18)16(20)19(14)9-11-4-2-3-5-13(11)17/h2-8,15H,9,18H2,1H3. The molecule has 1 amide bonds. The van der Waals surface area contributed by atoms with Crippen LogP contribution in [0.4, 0.5) is 10.1 Å². The second kappa shape index (κ2) is 4.72. The van der Waals surface area contributed by atoms with Gasteiger partial charge in [0, 0.05) is 16.8 Å². The van der Waals surface area contributed by atoms with Crippen molar-refractivity contribution in [3.63, 3.8) is 0 Å². The molecule has 1 aliphatic heterocycles. The molecule has 0 radical (unpaired) electrons. The Bertz CT molecular complexity index is 684. The number of hydrogen-bond acceptors (Lipinski definition) is 2. The van der Waals surface area contributed by atoms with E-state index in [0.29, 0.717) is 5.56 Å². The zero-order valence-electron chi connectivity index (χ0n) is 11.1. The van der Waals surface area contributed by atoms with Gasteiger partial charge in [0.1, 0.15) is 11.9 Å². The Balaban J connectivity index is 2.00. The Morgan fingerprint density at radius 3 is 2.75 bits per heavy atom. The first kappa shape index (κ1) is 12.8. The molecule has 0 saturated carbocycles. The van der Waals surface area contributed by atoms with Crippen molar-refractivity contribution < 1.29 is 9.18 Å². The van der Waals surface area contributed by atoms with E-state index in [1.165, 1.54) is 6.07 Å². The molecular formula is C16H15FN2O. The molecule has 4 heteroatoms. The number of hydrogen-bond donors (Lipinski definition) is 1. The van der Waals surface area contributed by atoms with E-state index in [4.69, 9.17) is 5.73 Å². The van der Waals surface area contributed by atoms with Crippen LogP contribution in [0.25, 0.3) is 0 Å². The summed E-state index contributed by atoms with van der Waals surface area (Å²) < 4.78 is 13.7. The van der Waals surface area contributed by atoms with Gasteiger partial charge in [0.25, 0.3) is 0 Å². The number of carbonyl (C=O) groups excluding carboxylic acids is 1. The highest BCUT2D eigenvalue weighted by Gasteiger charge is 2.34. The maximum Gasteiger partial charge on any atom is 0.248 e. The summed E-state index contributed by atoms with van der Waals surface area (Å²) >= 11 is 0. The molecule has 0 spiro atoms. The van der Waals surface area contributed by atoms with Gasteiger partial charge < -0.3 is 10.6 Å². The van der Waals surface area contributed by atoms with Crippen LogP contribution in [0.1, 0.15) is 22.7 Å². The molecule has 0 bridgehead atoms. The number of rotatable bonds is 2. The number of aryl methyl sites for hydroxylation is 1. The van der Waals surface area contributed by atoms with Crippen LogP contribution in [-0.4, -0.2) is 5.91 Å². The predicted octanol–water partition coefficient (Wildman–Crippen LogP) is 2.68. The minimum absolute atomic E-state index is 0.186. The first-order valence-electron chi connectivity index (χ1n) is 6.49. The maximum absolute atomic E-state index is 13.7. The van der Waals surface area contributed by atoms with Crippen LogP contribution in [0.3, 0.4) is 0 Å². The first-order chi connectivity index (χ1) is 9.58. The van der Waals surface area contributed by atoms with E-state index in [2.05, 4.69) is 0 Å². The Hall–Kier alpha value is -2.20. The molecule has 0 fully saturated rings. The lowest BCUT2D eigenvalue weighted by Crippen LogP contribution is -2.31. The monoisotopic (exact) mass is 270 g/mol. The minimum Gasteiger partial charge on any atom is -0.316 e. The summed E-state index contributed by atoms with van der Waals surface area (Å²) in [5, 5.41) is 0. The van der Waals surface area contributed by atoms with Gasteiger partial charge in [-0.3, -0.25) is 4.79 Å². The Morgan fingerprint density at radius 1 is 1.25 bits per heavy atom. The molecule has 2 aromatic rings. The SMILES string of the molecule is Cc1ccc2c(c1)C(N)C(=O)N2Cc1ccccc1F. The van der Waals surface area contributed by atoms with Crippen molar-refractivity contribution in [1.82, 2.24) is 0 Å². The lowest BCUT2D eigenvalue weighted by Gasteiger charge is -2.18. The number of amides is 1. The average molecular weight is 270 g/mol. The van der Waals surface area contributed by atoms with E-state index in [-0.39, 0.29) is 18.3 Å². The number of fused-ring (bicyclic) bond motifs is 1. The van der Waals surface area contributed by atoms with Crippen molar-refractivity contribution in [1.29, 1.82) is 0 Å². The zero-order chi connectivity index (χ0) is 14.3. The lowest BCUT2D eigenvalue weighted by molar-refractivity contribution is -0.119. The van der Waals surface area contributed by atoms with E-state index in [1.807, 2.05) is 25.1 Å². The number of anilines is 1. The number of benzene rings is 2. The number of carbonyl (C=O) groups is 1.